The van der Waals surface area contributed by atoms with Gasteiger partial charge in [0.15, 0.2) is 11.4 Å². The highest BCUT2D eigenvalue weighted by atomic mass is 35.5. The molecule has 0 saturated carbocycles. The highest BCUT2D eigenvalue weighted by Crippen LogP contribution is 2.39. The van der Waals surface area contributed by atoms with E-state index in [2.05, 4.69) is 15.3 Å². The average Bonchev–Trinajstić information content (AvgIpc) is 3.26. The summed E-state index contributed by atoms with van der Waals surface area (Å²) in [5.74, 6) is -0.242. The first-order valence-electron chi connectivity index (χ1n) is 11.7. The van der Waals surface area contributed by atoms with Gasteiger partial charge >= 0.3 is 0 Å². The fourth-order valence-electron chi connectivity index (χ4n) is 4.15. The molecule has 0 unspecified atom stereocenters. The molecule has 5 rings (SSSR count). The summed E-state index contributed by atoms with van der Waals surface area (Å²) in [5.41, 5.74) is 3.72. The number of aromatic nitrogens is 3. The van der Waals surface area contributed by atoms with Crippen LogP contribution < -0.4 is 5.32 Å². The Labute approximate surface area is 223 Å². The molecule has 10 heteroatoms. The minimum Gasteiger partial charge on any atom is -0.392 e. The number of amides is 1. The maximum Gasteiger partial charge on any atom is 0.257 e. The molecule has 1 aliphatic rings. The summed E-state index contributed by atoms with van der Waals surface area (Å²) in [6, 6.07) is 18.4. The topological polar surface area (TPSA) is 98.5 Å². The second-order valence-electron chi connectivity index (χ2n) is 8.65. The lowest BCUT2D eigenvalue weighted by Crippen LogP contribution is -2.32. The van der Waals surface area contributed by atoms with Crippen LogP contribution in [0.1, 0.15) is 45.9 Å². The van der Waals surface area contributed by atoms with Gasteiger partial charge in [-0.1, -0.05) is 59.6 Å². The lowest BCUT2D eigenvalue weighted by molar-refractivity contribution is -0.252. The normalized spacial score (nSPS) is 19.5. The van der Waals surface area contributed by atoms with Crippen molar-refractivity contribution in [3.63, 3.8) is 0 Å². The summed E-state index contributed by atoms with van der Waals surface area (Å²) in [7, 11) is 0. The van der Waals surface area contributed by atoms with Gasteiger partial charge in [0, 0.05) is 30.1 Å². The first-order chi connectivity index (χ1) is 18.0. The summed E-state index contributed by atoms with van der Waals surface area (Å²) in [6.07, 6.45) is 4.16. The molecule has 4 aromatic rings. The second-order valence-corrected chi connectivity index (χ2v) is 9.36. The van der Waals surface area contributed by atoms with Crippen LogP contribution in [0.3, 0.4) is 0 Å². The van der Waals surface area contributed by atoms with Gasteiger partial charge in [-0.25, -0.2) is 4.98 Å². The van der Waals surface area contributed by atoms with Crippen LogP contribution >= 0.6 is 23.2 Å². The van der Waals surface area contributed by atoms with Crippen molar-refractivity contribution in [3.8, 4) is 0 Å². The average molecular weight is 539 g/mol. The molecule has 0 spiro atoms. The minimum atomic E-state index is -0.651. The van der Waals surface area contributed by atoms with Crippen molar-refractivity contribution in [1.29, 1.82) is 0 Å². The van der Waals surface area contributed by atoms with Crippen LogP contribution in [0, 0.1) is 0 Å². The molecule has 1 saturated heterocycles. The highest BCUT2D eigenvalue weighted by Gasteiger charge is 2.33. The van der Waals surface area contributed by atoms with E-state index in [4.69, 9.17) is 32.7 Å². The Bertz CT molecular complexity index is 1350. The number of rotatable bonds is 7. The lowest BCUT2D eigenvalue weighted by atomic mass is 10.00. The lowest BCUT2D eigenvalue weighted by Gasteiger charge is -2.36. The second kappa shape index (κ2) is 11.4. The zero-order valence-corrected chi connectivity index (χ0v) is 21.1. The van der Waals surface area contributed by atoms with Crippen molar-refractivity contribution in [2.45, 2.75) is 38.1 Å². The van der Waals surface area contributed by atoms with Gasteiger partial charge in [-0.15, -0.1) is 0 Å². The number of benzene rings is 2. The maximum atomic E-state index is 12.4. The number of nitrogens with zero attached hydrogens (tertiary/aromatic N) is 3. The van der Waals surface area contributed by atoms with Gasteiger partial charge in [0.25, 0.3) is 5.91 Å². The summed E-state index contributed by atoms with van der Waals surface area (Å²) in [4.78, 5) is 20.5. The van der Waals surface area contributed by atoms with Crippen molar-refractivity contribution >= 4 is 34.8 Å². The Morgan fingerprint density at radius 2 is 1.81 bits per heavy atom. The molecule has 1 aliphatic heterocycles. The number of hydrogen-bond acceptors (Lipinski definition) is 6. The minimum absolute atomic E-state index is 0.0241. The molecule has 0 radical (unpaired) electrons. The van der Waals surface area contributed by atoms with E-state index >= 15 is 0 Å². The van der Waals surface area contributed by atoms with Crippen LogP contribution in [0.4, 0.5) is 5.69 Å². The van der Waals surface area contributed by atoms with Crippen molar-refractivity contribution in [3.05, 3.63) is 112 Å². The third-order valence-corrected chi connectivity index (χ3v) is 6.88. The van der Waals surface area contributed by atoms with Gasteiger partial charge in [-0.05, 0) is 35.4 Å². The number of pyridine rings is 1. The molecule has 2 N–H and O–H groups in total. The predicted octanol–water partition coefficient (Wildman–Crippen LogP) is 5.58. The molecule has 2 aromatic carbocycles. The van der Waals surface area contributed by atoms with E-state index in [1.807, 2.05) is 36.4 Å². The molecule has 1 amide bonds. The van der Waals surface area contributed by atoms with E-state index in [0.717, 1.165) is 16.7 Å². The van der Waals surface area contributed by atoms with Crippen LogP contribution in [0.15, 0.2) is 79.4 Å². The van der Waals surface area contributed by atoms with Crippen molar-refractivity contribution < 1.29 is 19.4 Å². The molecule has 3 heterocycles. The van der Waals surface area contributed by atoms with Crippen LogP contribution in [0.5, 0.6) is 0 Å². The SMILES string of the molecule is O=C(Nc1ccc([C@H]2O[C@@H](Cn3cnc(Cl)c3Cl)C[C@@H](c3ccc(CO)cc3)O2)cc1)c1cccnc1. The van der Waals surface area contributed by atoms with E-state index in [9.17, 15) is 9.90 Å². The number of hydrogen-bond donors (Lipinski definition) is 2. The third kappa shape index (κ3) is 6.01. The molecule has 0 aliphatic carbocycles. The van der Waals surface area contributed by atoms with Crippen LogP contribution in [0.2, 0.25) is 10.3 Å². The molecule has 3 atom stereocenters. The summed E-state index contributed by atoms with van der Waals surface area (Å²) < 4.78 is 14.4. The Morgan fingerprint density at radius 3 is 2.46 bits per heavy atom. The van der Waals surface area contributed by atoms with Crippen LogP contribution in [-0.4, -0.2) is 31.7 Å². The van der Waals surface area contributed by atoms with Crippen molar-refractivity contribution in [2.24, 2.45) is 0 Å². The molecule has 2 aromatic heterocycles. The highest BCUT2D eigenvalue weighted by molar-refractivity contribution is 6.40. The summed E-state index contributed by atoms with van der Waals surface area (Å²) >= 11 is 12.3. The smallest absolute Gasteiger partial charge is 0.257 e. The van der Waals surface area contributed by atoms with Crippen molar-refractivity contribution in [1.82, 2.24) is 14.5 Å². The number of carbonyl (C=O) groups excluding carboxylic acids is 1. The molecule has 37 heavy (non-hydrogen) atoms. The Balaban J connectivity index is 1.35. The molecule has 0 bridgehead atoms. The number of aliphatic hydroxyl groups is 1. The van der Waals surface area contributed by atoms with Gasteiger partial charge in [0.2, 0.25) is 0 Å². The number of anilines is 1. The van der Waals surface area contributed by atoms with Gasteiger partial charge in [-0.3, -0.25) is 9.78 Å². The third-order valence-electron chi connectivity index (χ3n) is 6.11. The monoisotopic (exact) mass is 538 g/mol. The molecule has 1 fully saturated rings. The standard InChI is InChI=1S/C27H24Cl2N4O4/c28-24-25(29)33(16-31-24)14-22-12-23(18-5-3-17(15-34)4-6-18)37-27(36-22)19-7-9-21(10-8-19)32-26(35)20-2-1-11-30-13-20/h1-11,13,16,22-23,27,34H,12,14-15H2,(H,32,35)/t22-,23+,27+/m1/s1. The molecule has 8 nitrogen and oxygen atoms in total. The van der Waals surface area contributed by atoms with Gasteiger partial charge in [0.1, 0.15) is 5.15 Å². The van der Waals surface area contributed by atoms with E-state index in [1.54, 1.807) is 41.4 Å². The first kappa shape index (κ1) is 25.4. The zero-order chi connectivity index (χ0) is 25.8. The Morgan fingerprint density at radius 1 is 1.05 bits per heavy atom. The molecular formula is C27H24Cl2N4O4. The number of imidazole rings is 1. The summed E-state index contributed by atoms with van der Waals surface area (Å²) in [6.45, 7) is 0.423. The fourth-order valence-corrected chi connectivity index (χ4v) is 4.46. The number of carbonyl (C=O) groups is 1. The number of ether oxygens (including phenoxy) is 2. The fraction of sp³-hybridized carbons (Fsp3) is 0.222. The van der Waals surface area contributed by atoms with E-state index < -0.39 is 6.29 Å². The largest absolute Gasteiger partial charge is 0.392 e. The van der Waals surface area contributed by atoms with E-state index in [1.165, 1.54) is 6.20 Å². The quantitative estimate of drug-likeness (QED) is 0.319. The maximum absolute atomic E-state index is 12.4. The van der Waals surface area contributed by atoms with Gasteiger partial charge in [-0.2, -0.15) is 0 Å². The Kier molecular flexibility index (Phi) is 7.83. The first-order valence-corrected chi connectivity index (χ1v) is 12.4. The number of aliphatic hydroxyl groups excluding tert-OH is 1. The number of halogens is 2. The van der Waals surface area contributed by atoms with Gasteiger partial charge < -0.3 is 24.5 Å². The van der Waals surface area contributed by atoms with E-state index in [-0.39, 0.29) is 29.9 Å². The number of nitrogens with one attached hydrogen (secondary N) is 1. The molecule has 190 valence electrons. The predicted molar refractivity (Wildman–Crippen MR) is 139 cm³/mol. The van der Waals surface area contributed by atoms with E-state index in [0.29, 0.717) is 29.4 Å². The Hall–Kier alpha value is -3.27. The molecular weight excluding hydrogens is 515 g/mol. The van der Waals surface area contributed by atoms with Gasteiger partial charge in [0.05, 0.1) is 37.3 Å². The van der Waals surface area contributed by atoms with Crippen LogP contribution in [0.25, 0.3) is 0 Å². The van der Waals surface area contributed by atoms with Crippen LogP contribution in [-0.2, 0) is 22.6 Å². The zero-order valence-electron chi connectivity index (χ0n) is 19.6. The summed E-state index contributed by atoms with van der Waals surface area (Å²) in [5, 5.41) is 12.9. The van der Waals surface area contributed by atoms with Crippen molar-refractivity contribution in [2.75, 3.05) is 5.32 Å².